The molecule has 1 N–H and O–H groups in total. The molecule has 2 bridgehead atoms. The Morgan fingerprint density at radius 3 is 2.57 bits per heavy atom. The minimum atomic E-state index is -3.65. The number of benzene rings is 2. The van der Waals surface area contributed by atoms with E-state index < -0.39 is 10.0 Å². The summed E-state index contributed by atoms with van der Waals surface area (Å²) in [5, 5.41) is 0.469. The first-order valence-electron chi connectivity index (χ1n) is 10.3. The van der Waals surface area contributed by atoms with Crippen molar-refractivity contribution in [1.82, 2.24) is 4.72 Å². The van der Waals surface area contributed by atoms with Crippen LogP contribution in [0.1, 0.15) is 45.6 Å². The van der Waals surface area contributed by atoms with Crippen LogP contribution >= 0.6 is 11.6 Å². The van der Waals surface area contributed by atoms with Gasteiger partial charge < -0.3 is 9.47 Å². The smallest absolute Gasteiger partial charge is 0.240 e. The van der Waals surface area contributed by atoms with Crippen molar-refractivity contribution in [3.05, 3.63) is 59.1 Å². The molecule has 2 heterocycles. The minimum Gasteiger partial charge on any atom is -0.487 e. The number of fused-ring (bicyclic) bond motifs is 2. The van der Waals surface area contributed by atoms with Crippen LogP contribution in [0.3, 0.4) is 0 Å². The summed E-state index contributed by atoms with van der Waals surface area (Å²) in [7, 11) is -3.65. The first-order chi connectivity index (χ1) is 14.2. The fraction of sp³-hybridized carbons (Fsp3) is 0.478. The molecule has 4 rings (SSSR count). The third-order valence-corrected chi connectivity index (χ3v) is 8.35. The van der Waals surface area contributed by atoms with Gasteiger partial charge in [-0.15, -0.1) is 0 Å². The molecule has 0 spiro atoms. The van der Waals surface area contributed by atoms with Crippen molar-refractivity contribution >= 4 is 21.6 Å². The molecule has 3 atom stereocenters. The second-order valence-electron chi connectivity index (χ2n) is 8.80. The molecule has 2 aliphatic heterocycles. The predicted octanol–water partition coefficient (Wildman–Crippen LogP) is 4.93. The van der Waals surface area contributed by atoms with E-state index in [4.69, 9.17) is 21.1 Å². The van der Waals surface area contributed by atoms with E-state index in [2.05, 4.69) is 25.5 Å². The number of hydrogen-bond acceptors (Lipinski definition) is 4. The van der Waals surface area contributed by atoms with Crippen LogP contribution in [-0.4, -0.2) is 25.7 Å². The first-order valence-corrected chi connectivity index (χ1v) is 12.2. The maximum absolute atomic E-state index is 12.6. The molecule has 0 amide bonds. The topological polar surface area (TPSA) is 64.6 Å². The zero-order valence-corrected chi connectivity index (χ0v) is 19.1. The van der Waals surface area contributed by atoms with Crippen LogP contribution in [0.4, 0.5) is 0 Å². The average molecular weight is 450 g/mol. The molecule has 0 radical (unpaired) electrons. The number of hydrogen-bond donors (Lipinski definition) is 1. The Balaban J connectivity index is 1.55. The molecule has 0 saturated carbocycles. The summed E-state index contributed by atoms with van der Waals surface area (Å²) in [5.74, 6) is 1.00. The van der Waals surface area contributed by atoms with Crippen molar-refractivity contribution in [3.8, 4) is 5.75 Å². The van der Waals surface area contributed by atoms with Gasteiger partial charge in [0, 0.05) is 23.6 Å². The van der Waals surface area contributed by atoms with Crippen LogP contribution in [0, 0.1) is 5.92 Å². The number of rotatable bonds is 7. The van der Waals surface area contributed by atoms with Gasteiger partial charge >= 0.3 is 0 Å². The van der Waals surface area contributed by atoms with Crippen LogP contribution in [0.5, 0.6) is 5.75 Å². The molecule has 162 valence electrons. The van der Waals surface area contributed by atoms with E-state index in [1.165, 1.54) is 0 Å². The molecule has 2 saturated heterocycles. The SMILES string of the molecule is CC(C)[C@@]12CC[C@](C)(O1)[C@H](Oc1cccc(Cl)c1CNS(=O)(=O)c1ccccc1)C2. The van der Waals surface area contributed by atoms with E-state index in [1.807, 2.05) is 12.1 Å². The van der Waals surface area contributed by atoms with Crippen LogP contribution in [0.25, 0.3) is 0 Å². The van der Waals surface area contributed by atoms with Gasteiger partial charge in [0.2, 0.25) is 10.0 Å². The third-order valence-electron chi connectivity index (χ3n) is 6.58. The average Bonchev–Trinajstić information content (AvgIpc) is 3.20. The highest BCUT2D eigenvalue weighted by atomic mass is 35.5. The van der Waals surface area contributed by atoms with Crippen molar-refractivity contribution in [2.45, 2.75) is 68.8 Å². The molecule has 0 aromatic heterocycles. The van der Waals surface area contributed by atoms with Gasteiger partial charge in [-0.3, -0.25) is 0 Å². The molecule has 2 aromatic rings. The van der Waals surface area contributed by atoms with Crippen molar-refractivity contribution in [2.24, 2.45) is 5.92 Å². The zero-order valence-electron chi connectivity index (χ0n) is 17.5. The molecule has 5 nitrogen and oxygen atoms in total. The first kappa shape index (κ1) is 21.6. The van der Waals surface area contributed by atoms with E-state index in [0.29, 0.717) is 22.3 Å². The van der Waals surface area contributed by atoms with Crippen molar-refractivity contribution in [2.75, 3.05) is 0 Å². The summed E-state index contributed by atoms with van der Waals surface area (Å²) in [6.45, 7) is 6.54. The summed E-state index contributed by atoms with van der Waals surface area (Å²) in [6, 6.07) is 13.7. The van der Waals surface area contributed by atoms with Gasteiger partial charge in [0.15, 0.2) is 0 Å². The van der Waals surface area contributed by atoms with Gasteiger partial charge in [0.1, 0.15) is 17.5 Å². The van der Waals surface area contributed by atoms with Gasteiger partial charge in [-0.2, -0.15) is 0 Å². The van der Waals surface area contributed by atoms with Crippen LogP contribution < -0.4 is 9.46 Å². The molecule has 0 aliphatic carbocycles. The Bertz CT molecular complexity index is 1030. The van der Waals surface area contributed by atoms with Crippen LogP contribution in [-0.2, 0) is 21.3 Å². The van der Waals surface area contributed by atoms with Gasteiger partial charge in [-0.05, 0) is 49.9 Å². The van der Waals surface area contributed by atoms with Crippen LogP contribution in [0.15, 0.2) is 53.4 Å². The van der Waals surface area contributed by atoms with Gasteiger partial charge in [-0.25, -0.2) is 13.1 Å². The molecule has 0 unspecified atom stereocenters. The van der Waals surface area contributed by atoms with Crippen molar-refractivity contribution < 1.29 is 17.9 Å². The second-order valence-corrected chi connectivity index (χ2v) is 11.0. The Morgan fingerprint density at radius 2 is 1.90 bits per heavy atom. The molecule has 2 aliphatic rings. The van der Waals surface area contributed by atoms with E-state index in [0.717, 1.165) is 19.3 Å². The second kappa shape index (κ2) is 7.83. The lowest BCUT2D eigenvalue weighted by molar-refractivity contribution is -0.0770. The Kier molecular flexibility index (Phi) is 5.64. The molecule has 7 heteroatoms. The largest absolute Gasteiger partial charge is 0.487 e. The van der Waals surface area contributed by atoms with Crippen molar-refractivity contribution in [1.29, 1.82) is 0 Å². The Labute approximate surface area is 183 Å². The maximum atomic E-state index is 12.6. The summed E-state index contributed by atoms with van der Waals surface area (Å²) >= 11 is 6.44. The summed E-state index contributed by atoms with van der Waals surface area (Å²) in [6.07, 6.45) is 2.71. The summed E-state index contributed by atoms with van der Waals surface area (Å²) in [5.41, 5.74) is 0.143. The number of halogens is 1. The Morgan fingerprint density at radius 1 is 1.17 bits per heavy atom. The standard InChI is InChI=1S/C23H28ClNO4S/c1-16(2)23-13-12-22(3,29-23)21(14-23)28-20-11-7-10-19(24)18(20)15-25-30(26,27)17-8-5-4-6-9-17/h4-11,16,21,25H,12-15H2,1-3H3/t21-,22+,23+/m1/s1. The lowest BCUT2D eigenvalue weighted by Gasteiger charge is -2.32. The fourth-order valence-corrected chi connectivity index (χ4v) is 5.81. The quantitative estimate of drug-likeness (QED) is 0.650. The van der Waals surface area contributed by atoms with E-state index in [1.54, 1.807) is 36.4 Å². The number of ether oxygens (including phenoxy) is 2. The molecular formula is C23H28ClNO4S. The highest BCUT2D eigenvalue weighted by molar-refractivity contribution is 7.89. The monoisotopic (exact) mass is 449 g/mol. The fourth-order valence-electron chi connectivity index (χ4n) is 4.56. The predicted molar refractivity (Wildman–Crippen MR) is 117 cm³/mol. The van der Waals surface area contributed by atoms with E-state index in [-0.39, 0.29) is 28.7 Å². The van der Waals surface area contributed by atoms with Gasteiger partial charge in [-0.1, -0.05) is 49.7 Å². The van der Waals surface area contributed by atoms with Gasteiger partial charge in [0.05, 0.1) is 10.5 Å². The van der Waals surface area contributed by atoms with Crippen molar-refractivity contribution in [3.63, 3.8) is 0 Å². The van der Waals surface area contributed by atoms with E-state index in [9.17, 15) is 8.42 Å². The molecule has 30 heavy (non-hydrogen) atoms. The highest BCUT2D eigenvalue weighted by Crippen LogP contribution is 2.55. The third kappa shape index (κ3) is 3.86. The van der Waals surface area contributed by atoms with Gasteiger partial charge in [0.25, 0.3) is 0 Å². The maximum Gasteiger partial charge on any atom is 0.240 e. The highest BCUT2D eigenvalue weighted by Gasteiger charge is 2.61. The number of nitrogens with one attached hydrogen (secondary N) is 1. The lowest BCUT2D eigenvalue weighted by Crippen LogP contribution is -2.40. The van der Waals surface area contributed by atoms with Crippen LogP contribution in [0.2, 0.25) is 5.02 Å². The zero-order chi connectivity index (χ0) is 21.6. The molecule has 2 aromatic carbocycles. The normalized spacial score (nSPS) is 28.2. The van der Waals surface area contributed by atoms with E-state index >= 15 is 0 Å². The minimum absolute atomic E-state index is 0.0475. The summed E-state index contributed by atoms with van der Waals surface area (Å²) < 4.78 is 40.8. The summed E-state index contributed by atoms with van der Waals surface area (Å²) in [4.78, 5) is 0.215. The Hall–Kier alpha value is -1.60. The molecule has 2 fully saturated rings. The lowest BCUT2D eigenvalue weighted by atomic mass is 9.75. The molecular weight excluding hydrogens is 422 g/mol. The number of sulfonamides is 1.